The molecule has 0 saturated carbocycles. The molecule has 0 unspecified atom stereocenters. The number of rotatable bonds is 11. The lowest BCUT2D eigenvalue weighted by Crippen LogP contribution is -2.53. The molecule has 0 aliphatic carbocycles. The molecule has 2 aromatic rings. The van der Waals surface area contributed by atoms with Crippen molar-refractivity contribution in [3.63, 3.8) is 0 Å². The van der Waals surface area contributed by atoms with E-state index in [0.717, 1.165) is 11.1 Å². The van der Waals surface area contributed by atoms with Gasteiger partial charge in [-0.3, -0.25) is 9.59 Å². The van der Waals surface area contributed by atoms with Crippen molar-refractivity contribution in [2.45, 2.75) is 45.4 Å². The lowest BCUT2D eigenvalue weighted by Gasteiger charge is -2.23. The van der Waals surface area contributed by atoms with E-state index in [-0.39, 0.29) is 25.4 Å². The highest BCUT2D eigenvalue weighted by Gasteiger charge is 2.30. The molecule has 170 valence electrons. The van der Waals surface area contributed by atoms with Gasteiger partial charge in [-0.25, -0.2) is 9.59 Å². The molecule has 0 aliphatic heterocycles. The van der Waals surface area contributed by atoms with E-state index in [9.17, 15) is 19.2 Å². The first-order valence-electron chi connectivity index (χ1n) is 10.3. The molecule has 0 radical (unpaired) electrons. The predicted molar refractivity (Wildman–Crippen MR) is 118 cm³/mol. The number of carboxylic acids is 1. The molecule has 8 heteroatoms. The van der Waals surface area contributed by atoms with Crippen molar-refractivity contribution in [2.75, 3.05) is 0 Å². The first-order valence-corrected chi connectivity index (χ1v) is 10.3. The van der Waals surface area contributed by atoms with Crippen LogP contribution in [0, 0.1) is 5.92 Å². The molecular formula is C24H28N2O6. The summed E-state index contributed by atoms with van der Waals surface area (Å²) in [6.45, 7) is 3.66. The summed E-state index contributed by atoms with van der Waals surface area (Å²) < 4.78 is 5.21. The van der Waals surface area contributed by atoms with Crippen molar-refractivity contribution >= 4 is 23.8 Å². The standard InChI is InChI=1S/C24H28N2O6/c1-16(2)13-19(21(27)23(29)30)25-22(28)20(14-17-9-5-3-6-10-17)26-24(31)32-15-18-11-7-4-8-12-18/h3-12,16,19-20H,13-15H2,1-2H3,(H,25,28)(H,26,31)(H,29,30)/t19-,20-/m0/s1. The third-order valence-electron chi connectivity index (χ3n) is 4.65. The van der Waals surface area contributed by atoms with E-state index in [0.29, 0.717) is 0 Å². The quantitative estimate of drug-likeness (QED) is 0.462. The maximum atomic E-state index is 12.9. The minimum Gasteiger partial charge on any atom is -0.475 e. The van der Waals surface area contributed by atoms with Crippen LogP contribution in [0.25, 0.3) is 0 Å². The van der Waals surface area contributed by atoms with Crippen molar-refractivity contribution in [3.8, 4) is 0 Å². The zero-order valence-corrected chi connectivity index (χ0v) is 18.1. The average molecular weight is 440 g/mol. The average Bonchev–Trinajstić information content (AvgIpc) is 2.77. The number of nitrogens with one attached hydrogen (secondary N) is 2. The van der Waals surface area contributed by atoms with E-state index in [2.05, 4.69) is 10.6 Å². The van der Waals surface area contributed by atoms with Crippen LogP contribution in [0.15, 0.2) is 60.7 Å². The first-order chi connectivity index (χ1) is 15.3. The van der Waals surface area contributed by atoms with Crippen LogP contribution in [0.2, 0.25) is 0 Å². The largest absolute Gasteiger partial charge is 0.475 e. The molecule has 8 nitrogen and oxygen atoms in total. The van der Waals surface area contributed by atoms with Gasteiger partial charge in [0.1, 0.15) is 12.6 Å². The number of hydrogen-bond acceptors (Lipinski definition) is 5. The SMILES string of the molecule is CC(C)C[C@H](NC(=O)[C@H](Cc1ccccc1)NC(=O)OCc1ccccc1)C(=O)C(=O)O. The zero-order valence-electron chi connectivity index (χ0n) is 18.1. The Balaban J connectivity index is 2.11. The Hall–Kier alpha value is -3.68. The van der Waals surface area contributed by atoms with Crippen molar-refractivity contribution in [1.82, 2.24) is 10.6 Å². The molecule has 3 N–H and O–H groups in total. The molecule has 0 bridgehead atoms. The Morgan fingerprint density at radius 2 is 1.41 bits per heavy atom. The highest BCUT2D eigenvalue weighted by molar-refractivity contribution is 6.35. The highest BCUT2D eigenvalue weighted by Crippen LogP contribution is 2.09. The minimum absolute atomic E-state index is 0.0276. The van der Waals surface area contributed by atoms with Crippen LogP contribution < -0.4 is 10.6 Å². The molecule has 0 aliphatic rings. The molecule has 0 heterocycles. The molecule has 32 heavy (non-hydrogen) atoms. The van der Waals surface area contributed by atoms with Gasteiger partial charge in [-0.1, -0.05) is 74.5 Å². The van der Waals surface area contributed by atoms with Gasteiger partial charge in [0, 0.05) is 6.42 Å². The number of alkyl carbamates (subject to hydrolysis) is 1. The number of hydrogen-bond donors (Lipinski definition) is 3. The van der Waals surface area contributed by atoms with Crippen molar-refractivity contribution in [1.29, 1.82) is 0 Å². The number of aliphatic carboxylic acids is 1. The van der Waals surface area contributed by atoms with Gasteiger partial charge in [-0.05, 0) is 23.5 Å². The molecule has 2 atom stereocenters. The Kier molecular flexibility index (Phi) is 9.41. The summed E-state index contributed by atoms with van der Waals surface area (Å²) in [7, 11) is 0. The van der Waals surface area contributed by atoms with E-state index in [1.165, 1.54) is 0 Å². The van der Waals surface area contributed by atoms with Crippen molar-refractivity contribution in [3.05, 3.63) is 71.8 Å². The van der Waals surface area contributed by atoms with Gasteiger partial charge in [0.25, 0.3) is 5.78 Å². The monoisotopic (exact) mass is 440 g/mol. The normalized spacial score (nSPS) is 12.5. The van der Waals surface area contributed by atoms with Gasteiger partial charge in [-0.15, -0.1) is 0 Å². The third-order valence-corrected chi connectivity index (χ3v) is 4.65. The predicted octanol–water partition coefficient (Wildman–Crippen LogP) is 2.71. The van der Waals surface area contributed by atoms with Gasteiger partial charge in [-0.2, -0.15) is 0 Å². The summed E-state index contributed by atoms with van der Waals surface area (Å²) in [6, 6.07) is 15.8. The van der Waals surface area contributed by atoms with Crippen LogP contribution in [-0.4, -0.2) is 40.9 Å². The second-order valence-electron chi connectivity index (χ2n) is 7.81. The summed E-state index contributed by atoms with van der Waals surface area (Å²) in [4.78, 5) is 48.5. The van der Waals surface area contributed by atoms with Gasteiger partial charge in [0.05, 0.1) is 6.04 Å². The Bertz CT molecular complexity index is 915. The fraction of sp³-hybridized carbons (Fsp3) is 0.333. The number of ketones is 1. The number of carbonyl (C=O) groups excluding carboxylic acids is 3. The molecule has 2 aromatic carbocycles. The van der Waals surface area contributed by atoms with Crippen LogP contribution in [0.4, 0.5) is 4.79 Å². The number of carbonyl (C=O) groups is 4. The summed E-state index contributed by atoms with van der Waals surface area (Å²) in [6.07, 6.45) is -0.495. The van der Waals surface area contributed by atoms with Gasteiger partial charge in [0.15, 0.2) is 0 Å². The van der Waals surface area contributed by atoms with E-state index in [1.54, 1.807) is 36.4 Å². The van der Waals surface area contributed by atoms with E-state index < -0.39 is 35.8 Å². The maximum absolute atomic E-state index is 12.9. The Labute approximate surface area is 187 Å². The van der Waals surface area contributed by atoms with Crippen LogP contribution in [-0.2, 0) is 32.1 Å². The third kappa shape index (κ3) is 8.22. The number of ether oxygens (including phenoxy) is 1. The lowest BCUT2D eigenvalue weighted by molar-refractivity contribution is -0.150. The number of benzene rings is 2. The molecule has 0 saturated heterocycles. The van der Waals surface area contributed by atoms with Crippen molar-refractivity contribution in [2.24, 2.45) is 5.92 Å². The summed E-state index contributed by atoms with van der Waals surface area (Å²) in [5.41, 5.74) is 1.57. The molecule has 2 amide bonds. The van der Waals surface area contributed by atoms with Gasteiger partial charge in [0.2, 0.25) is 5.91 Å². The summed E-state index contributed by atoms with van der Waals surface area (Å²) in [5.74, 6) is -3.41. The summed E-state index contributed by atoms with van der Waals surface area (Å²) in [5, 5.41) is 14.1. The minimum atomic E-state index is -1.62. The fourth-order valence-electron chi connectivity index (χ4n) is 3.09. The van der Waals surface area contributed by atoms with Crippen LogP contribution >= 0.6 is 0 Å². The Morgan fingerprint density at radius 1 is 0.844 bits per heavy atom. The van der Waals surface area contributed by atoms with E-state index in [4.69, 9.17) is 9.84 Å². The second kappa shape index (κ2) is 12.2. The zero-order chi connectivity index (χ0) is 23.5. The molecule has 2 rings (SSSR count). The van der Waals surface area contributed by atoms with Crippen molar-refractivity contribution < 1.29 is 29.0 Å². The smallest absolute Gasteiger partial charge is 0.408 e. The van der Waals surface area contributed by atoms with E-state index >= 15 is 0 Å². The topological polar surface area (TPSA) is 122 Å². The van der Waals surface area contributed by atoms with Gasteiger partial charge >= 0.3 is 12.1 Å². The summed E-state index contributed by atoms with van der Waals surface area (Å²) >= 11 is 0. The van der Waals surface area contributed by atoms with Crippen LogP contribution in [0.3, 0.4) is 0 Å². The van der Waals surface area contributed by atoms with Crippen LogP contribution in [0.5, 0.6) is 0 Å². The highest BCUT2D eigenvalue weighted by atomic mass is 16.5. The Morgan fingerprint density at radius 3 is 1.94 bits per heavy atom. The molecule has 0 fully saturated rings. The number of carboxylic acid groups (broad SMARTS) is 1. The van der Waals surface area contributed by atoms with Crippen LogP contribution in [0.1, 0.15) is 31.4 Å². The second-order valence-corrected chi connectivity index (χ2v) is 7.81. The maximum Gasteiger partial charge on any atom is 0.408 e. The fourth-order valence-corrected chi connectivity index (χ4v) is 3.09. The molecular weight excluding hydrogens is 412 g/mol. The first kappa shape index (κ1) is 24.6. The lowest BCUT2D eigenvalue weighted by atomic mass is 9.99. The molecule has 0 spiro atoms. The van der Waals surface area contributed by atoms with E-state index in [1.807, 2.05) is 38.1 Å². The van der Waals surface area contributed by atoms with Gasteiger partial charge < -0.3 is 20.5 Å². The molecule has 0 aromatic heterocycles. The number of amides is 2. The number of Topliss-reactive ketones (excluding diaryl/α,β-unsaturated/α-hetero) is 1.